The summed E-state index contributed by atoms with van der Waals surface area (Å²) >= 11 is 0. The number of rotatable bonds is 16. The smallest absolute Gasteiger partial charge is 0.0786 e. The van der Waals surface area contributed by atoms with Crippen molar-refractivity contribution in [1.82, 2.24) is 0 Å². The van der Waals surface area contributed by atoms with Gasteiger partial charge in [-0.15, -0.1) is 0 Å². The summed E-state index contributed by atoms with van der Waals surface area (Å²) in [4.78, 5) is 0. The van der Waals surface area contributed by atoms with Crippen molar-refractivity contribution in [2.75, 3.05) is 52.4 Å². The van der Waals surface area contributed by atoms with Crippen LogP contribution in [0.15, 0.2) is 0 Å². The highest BCUT2D eigenvalue weighted by atomic mass is 32.3. The molecule has 0 unspecified atom stereocenters. The van der Waals surface area contributed by atoms with E-state index in [1.54, 1.807) is 0 Å². The van der Waals surface area contributed by atoms with Crippen LogP contribution in [0.25, 0.3) is 0 Å². The molecular formula is C24H56N2O4S. The molecule has 192 valence electrons. The van der Waals surface area contributed by atoms with Crippen LogP contribution in [0.4, 0.5) is 0 Å². The zero-order valence-electron chi connectivity index (χ0n) is 22.2. The zero-order valence-corrected chi connectivity index (χ0v) is 23.1. The second-order valence-corrected chi connectivity index (χ2v) is 9.48. The van der Waals surface area contributed by atoms with Crippen LogP contribution >= 0.6 is 0 Å². The summed E-state index contributed by atoms with van der Waals surface area (Å²) in [5.74, 6) is 0. The molecule has 31 heavy (non-hydrogen) atoms. The van der Waals surface area contributed by atoms with Crippen LogP contribution in [0, 0.1) is 0 Å². The molecule has 0 spiro atoms. The Morgan fingerprint density at radius 1 is 0.484 bits per heavy atom. The Bertz CT molecular complexity index is 406. The van der Waals surface area contributed by atoms with E-state index in [0.29, 0.717) is 0 Å². The van der Waals surface area contributed by atoms with Crippen LogP contribution in [0.1, 0.15) is 107 Å². The first kappa shape index (κ1) is 35.4. The van der Waals surface area contributed by atoms with Crippen LogP contribution in [0.5, 0.6) is 0 Å². The van der Waals surface area contributed by atoms with Crippen LogP contribution in [0.3, 0.4) is 0 Å². The first-order chi connectivity index (χ1) is 14.5. The molecule has 0 radical (unpaired) electrons. The maximum atomic E-state index is 8.52. The molecule has 0 aromatic heterocycles. The molecule has 0 saturated carbocycles. The fourth-order valence-electron chi connectivity index (χ4n) is 3.91. The van der Waals surface area contributed by atoms with Gasteiger partial charge in [-0.05, 0) is 53.4 Å². The second-order valence-electron chi connectivity index (χ2n) is 8.67. The molecule has 0 atom stereocenters. The maximum absolute atomic E-state index is 8.52. The highest BCUT2D eigenvalue weighted by Crippen LogP contribution is 2.12. The average Bonchev–Trinajstić information content (AvgIpc) is 2.74. The monoisotopic (exact) mass is 468 g/mol. The minimum Gasteiger partial charge on any atom is -0.759 e. The van der Waals surface area contributed by atoms with E-state index in [0.717, 1.165) is 0 Å². The van der Waals surface area contributed by atoms with Crippen molar-refractivity contribution in [3.63, 3.8) is 0 Å². The van der Waals surface area contributed by atoms with Crippen LogP contribution in [0.2, 0.25) is 0 Å². The Morgan fingerprint density at radius 3 is 0.742 bits per heavy atom. The van der Waals surface area contributed by atoms with Gasteiger partial charge in [0.2, 0.25) is 0 Å². The van der Waals surface area contributed by atoms with Gasteiger partial charge in [-0.1, -0.05) is 53.4 Å². The van der Waals surface area contributed by atoms with Crippen LogP contribution in [-0.4, -0.2) is 78.8 Å². The Kier molecular flexibility index (Phi) is 24.7. The van der Waals surface area contributed by atoms with Crippen molar-refractivity contribution in [2.24, 2.45) is 0 Å². The maximum Gasteiger partial charge on any atom is 0.0786 e. The summed E-state index contributed by atoms with van der Waals surface area (Å²) in [5.41, 5.74) is 0. The molecule has 0 aliphatic rings. The lowest BCUT2D eigenvalue weighted by Gasteiger charge is -2.37. The minimum atomic E-state index is -5.17. The Hall–Kier alpha value is -0.210. The summed E-state index contributed by atoms with van der Waals surface area (Å²) < 4.78 is 36.8. The summed E-state index contributed by atoms with van der Waals surface area (Å²) in [5, 5.41) is 0. The van der Waals surface area contributed by atoms with Crippen molar-refractivity contribution >= 4 is 10.4 Å². The fraction of sp³-hybridized carbons (Fsp3) is 1.00. The SMILES string of the molecule is CCCC[N+](CC)(CC)CCCC.CCCC[N+](CC)(CC)CCCC.O=S(=O)([O-])[O-]. The van der Waals surface area contributed by atoms with E-state index < -0.39 is 10.4 Å². The van der Waals surface area contributed by atoms with Crippen molar-refractivity contribution in [2.45, 2.75) is 107 Å². The Balaban J connectivity index is -0.000000416. The van der Waals surface area contributed by atoms with E-state index in [1.165, 1.54) is 113 Å². The van der Waals surface area contributed by atoms with Gasteiger partial charge in [-0.2, -0.15) is 0 Å². The molecule has 0 saturated heterocycles. The van der Waals surface area contributed by atoms with Gasteiger partial charge in [0.1, 0.15) is 0 Å². The molecule has 0 aliphatic heterocycles. The Morgan fingerprint density at radius 2 is 0.645 bits per heavy atom. The van der Waals surface area contributed by atoms with E-state index in [1.807, 2.05) is 0 Å². The predicted octanol–water partition coefficient (Wildman–Crippen LogP) is 5.55. The highest BCUT2D eigenvalue weighted by Gasteiger charge is 2.21. The molecule has 0 fully saturated rings. The predicted molar refractivity (Wildman–Crippen MR) is 132 cm³/mol. The van der Waals surface area contributed by atoms with Crippen molar-refractivity contribution in [1.29, 1.82) is 0 Å². The number of unbranched alkanes of at least 4 members (excludes halogenated alkanes) is 4. The first-order valence-electron chi connectivity index (χ1n) is 12.9. The molecule has 0 aromatic rings. The molecule has 0 aliphatic carbocycles. The quantitative estimate of drug-likeness (QED) is 0.169. The minimum absolute atomic E-state index is 1.32. The van der Waals surface area contributed by atoms with Gasteiger partial charge in [0.05, 0.1) is 52.4 Å². The van der Waals surface area contributed by atoms with Crippen LogP contribution < -0.4 is 0 Å². The highest BCUT2D eigenvalue weighted by molar-refractivity contribution is 7.79. The second kappa shape index (κ2) is 21.6. The summed E-state index contributed by atoms with van der Waals surface area (Å²) in [7, 11) is -5.17. The van der Waals surface area contributed by atoms with Gasteiger partial charge >= 0.3 is 0 Å². The fourth-order valence-corrected chi connectivity index (χ4v) is 3.91. The van der Waals surface area contributed by atoms with Gasteiger partial charge in [0, 0.05) is 10.4 Å². The Labute approximate surface area is 196 Å². The van der Waals surface area contributed by atoms with E-state index in [-0.39, 0.29) is 0 Å². The van der Waals surface area contributed by atoms with Crippen molar-refractivity contribution in [3.8, 4) is 0 Å². The third-order valence-corrected chi connectivity index (χ3v) is 6.63. The third-order valence-electron chi connectivity index (χ3n) is 6.63. The van der Waals surface area contributed by atoms with Crippen molar-refractivity contribution in [3.05, 3.63) is 0 Å². The average molecular weight is 469 g/mol. The van der Waals surface area contributed by atoms with Crippen molar-refractivity contribution < 1.29 is 26.5 Å². The van der Waals surface area contributed by atoms with Gasteiger partial charge in [-0.25, -0.2) is 0 Å². The number of quaternary nitrogens is 2. The topological polar surface area (TPSA) is 80.3 Å². The summed E-state index contributed by atoms with van der Waals surface area (Å²) in [6.07, 6.45) is 10.9. The zero-order chi connectivity index (χ0) is 24.8. The number of nitrogens with zero attached hydrogens (tertiary/aromatic N) is 2. The lowest BCUT2D eigenvalue weighted by atomic mass is 10.2. The lowest BCUT2D eigenvalue weighted by Crippen LogP contribution is -2.49. The third kappa shape index (κ3) is 22.8. The summed E-state index contributed by atoms with van der Waals surface area (Å²) in [6.45, 7) is 29.4. The molecule has 0 bridgehead atoms. The van der Waals surface area contributed by atoms with E-state index in [4.69, 9.17) is 17.5 Å². The van der Waals surface area contributed by atoms with E-state index in [2.05, 4.69) is 55.4 Å². The number of hydrogen-bond acceptors (Lipinski definition) is 4. The first-order valence-corrected chi connectivity index (χ1v) is 14.2. The lowest BCUT2D eigenvalue weighted by molar-refractivity contribution is -0.925. The van der Waals surface area contributed by atoms with Gasteiger partial charge in [0.25, 0.3) is 0 Å². The number of hydrogen-bond donors (Lipinski definition) is 0. The molecule has 0 amide bonds. The molecular weight excluding hydrogens is 412 g/mol. The molecule has 0 N–H and O–H groups in total. The normalized spacial score (nSPS) is 11.9. The van der Waals surface area contributed by atoms with E-state index >= 15 is 0 Å². The largest absolute Gasteiger partial charge is 0.759 e. The molecule has 0 heterocycles. The molecule has 6 nitrogen and oxygen atoms in total. The molecule has 7 heteroatoms. The standard InChI is InChI=1S/2C12H28N.H2O4S/c2*1-5-9-11-13(7-3,8-4)12-10-6-2;1-5(2,3)4/h2*5-12H2,1-4H3;(H2,1,2,3,4)/q2*+1;/p-2. The summed E-state index contributed by atoms with van der Waals surface area (Å²) in [6, 6.07) is 0. The molecule has 0 aromatic carbocycles. The van der Waals surface area contributed by atoms with Gasteiger partial charge in [-0.3, -0.25) is 8.42 Å². The van der Waals surface area contributed by atoms with Gasteiger partial charge < -0.3 is 18.1 Å². The molecule has 0 rings (SSSR count). The van der Waals surface area contributed by atoms with Crippen LogP contribution in [-0.2, 0) is 10.4 Å². The van der Waals surface area contributed by atoms with E-state index in [9.17, 15) is 0 Å². The van der Waals surface area contributed by atoms with Gasteiger partial charge in [0.15, 0.2) is 0 Å².